The number of amides is 1. The Kier molecular flexibility index (Phi) is 5.78. The maximum absolute atomic E-state index is 12.1. The Morgan fingerprint density at radius 2 is 1.95 bits per heavy atom. The van der Waals surface area contributed by atoms with Gasteiger partial charge >= 0.3 is 0 Å². The summed E-state index contributed by atoms with van der Waals surface area (Å²) in [6.07, 6.45) is 1.98. The van der Waals surface area contributed by atoms with Crippen molar-refractivity contribution in [2.24, 2.45) is 4.36 Å². The number of rotatable bonds is 6. The summed E-state index contributed by atoms with van der Waals surface area (Å²) in [5.41, 5.74) is 1.37. The second-order valence-electron chi connectivity index (χ2n) is 5.13. The number of hydrogen-bond donors (Lipinski definition) is 2. The number of hydrogen-bond acceptors (Lipinski definition) is 5. The Hall–Kier alpha value is -2.07. The van der Waals surface area contributed by atoms with Crippen molar-refractivity contribution >= 4 is 21.3 Å². The SMILES string of the molecule is N#Cc1ccc(NCC(=O)NCCN=S2(=O)CCCC2)cc1. The van der Waals surface area contributed by atoms with Crippen molar-refractivity contribution in [3.63, 3.8) is 0 Å². The number of benzene rings is 1. The summed E-state index contributed by atoms with van der Waals surface area (Å²) in [4.78, 5) is 11.7. The van der Waals surface area contributed by atoms with Crippen LogP contribution in [0.4, 0.5) is 5.69 Å². The molecule has 6 nitrogen and oxygen atoms in total. The van der Waals surface area contributed by atoms with Crippen molar-refractivity contribution in [3.05, 3.63) is 29.8 Å². The first-order chi connectivity index (χ1) is 10.6. The molecule has 1 aromatic carbocycles. The third-order valence-electron chi connectivity index (χ3n) is 3.40. The molecule has 0 radical (unpaired) electrons. The van der Waals surface area contributed by atoms with Gasteiger partial charge in [0.25, 0.3) is 0 Å². The number of nitrogens with one attached hydrogen (secondary N) is 2. The molecule has 1 heterocycles. The fourth-order valence-corrected chi connectivity index (χ4v) is 4.40. The van der Waals surface area contributed by atoms with Crippen LogP contribution in [0.1, 0.15) is 18.4 Å². The lowest BCUT2D eigenvalue weighted by Gasteiger charge is -2.07. The lowest BCUT2D eigenvalue weighted by molar-refractivity contribution is -0.119. The van der Waals surface area contributed by atoms with E-state index in [2.05, 4.69) is 15.0 Å². The minimum Gasteiger partial charge on any atom is -0.376 e. The molecule has 0 bridgehead atoms. The zero-order chi connectivity index (χ0) is 15.8. The van der Waals surface area contributed by atoms with Gasteiger partial charge < -0.3 is 10.6 Å². The smallest absolute Gasteiger partial charge is 0.239 e. The van der Waals surface area contributed by atoms with E-state index in [1.54, 1.807) is 24.3 Å². The van der Waals surface area contributed by atoms with Crippen LogP contribution in [-0.2, 0) is 14.5 Å². The monoisotopic (exact) mass is 320 g/mol. The average molecular weight is 320 g/mol. The summed E-state index contributed by atoms with van der Waals surface area (Å²) in [5.74, 6) is 1.25. The summed E-state index contributed by atoms with van der Waals surface area (Å²) in [5, 5.41) is 14.4. The predicted octanol–water partition coefficient (Wildman–Crippen LogP) is 1.35. The Morgan fingerprint density at radius 3 is 2.59 bits per heavy atom. The fourth-order valence-electron chi connectivity index (χ4n) is 2.20. The normalized spacial score (nSPS) is 15.8. The Morgan fingerprint density at radius 1 is 1.27 bits per heavy atom. The Balaban J connectivity index is 1.67. The molecule has 0 spiro atoms. The molecule has 0 aromatic heterocycles. The molecule has 0 atom stereocenters. The standard InChI is InChI=1S/C15H20N4O2S/c16-11-13-3-5-14(6-4-13)18-12-15(20)17-7-8-19-22(21)9-1-2-10-22/h3-6,18H,1-2,7-10,12H2,(H,17,20). The minimum absolute atomic E-state index is 0.138. The van der Waals surface area contributed by atoms with Gasteiger partial charge in [-0.1, -0.05) is 0 Å². The van der Waals surface area contributed by atoms with E-state index in [0.29, 0.717) is 30.2 Å². The third-order valence-corrected chi connectivity index (χ3v) is 5.91. The highest BCUT2D eigenvalue weighted by atomic mass is 32.2. The summed E-state index contributed by atoms with van der Waals surface area (Å²) < 4.78 is 16.3. The number of anilines is 1. The van der Waals surface area contributed by atoms with Crippen molar-refractivity contribution in [1.29, 1.82) is 5.26 Å². The van der Waals surface area contributed by atoms with Gasteiger partial charge in [-0.15, -0.1) is 0 Å². The summed E-state index contributed by atoms with van der Waals surface area (Å²) in [7, 11) is -1.98. The highest BCUT2D eigenvalue weighted by Gasteiger charge is 2.15. The van der Waals surface area contributed by atoms with Crippen LogP contribution in [0.25, 0.3) is 0 Å². The van der Waals surface area contributed by atoms with Crippen LogP contribution in [0.5, 0.6) is 0 Å². The summed E-state index contributed by atoms with van der Waals surface area (Å²) in [6, 6.07) is 8.93. The molecule has 0 unspecified atom stereocenters. The van der Waals surface area contributed by atoms with E-state index in [1.165, 1.54) is 0 Å². The van der Waals surface area contributed by atoms with Crippen molar-refractivity contribution in [3.8, 4) is 6.07 Å². The van der Waals surface area contributed by atoms with E-state index in [9.17, 15) is 9.00 Å². The number of carbonyl (C=O) groups is 1. The van der Waals surface area contributed by atoms with Gasteiger partial charge in [-0.05, 0) is 37.1 Å². The second kappa shape index (κ2) is 7.80. The molecule has 2 rings (SSSR count). The van der Waals surface area contributed by atoms with Crippen LogP contribution in [0, 0.1) is 11.3 Å². The van der Waals surface area contributed by atoms with E-state index in [0.717, 1.165) is 18.5 Å². The fraction of sp³-hybridized carbons (Fsp3) is 0.467. The van der Waals surface area contributed by atoms with Crippen molar-refractivity contribution in [2.75, 3.05) is 36.5 Å². The Bertz CT molecular complexity index is 658. The van der Waals surface area contributed by atoms with Gasteiger partial charge in [0.15, 0.2) is 0 Å². The molecule has 7 heteroatoms. The van der Waals surface area contributed by atoms with E-state index in [1.807, 2.05) is 6.07 Å². The van der Waals surface area contributed by atoms with E-state index in [4.69, 9.17) is 5.26 Å². The van der Waals surface area contributed by atoms with Gasteiger partial charge in [-0.3, -0.25) is 4.79 Å². The van der Waals surface area contributed by atoms with Crippen molar-refractivity contribution < 1.29 is 9.00 Å². The minimum atomic E-state index is -1.98. The third kappa shape index (κ3) is 5.04. The number of nitrogens with zero attached hydrogens (tertiary/aromatic N) is 2. The van der Waals surface area contributed by atoms with Crippen LogP contribution in [-0.4, -0.2) is 41.3 Å². The molecule has 22 heavy (non-hydrogen) atoms. The van der Waals surface area contributed by atoms with Crippen LogP contribution in [0.2, 0.25) is 0 Å². The van der Waals surface area contributed by atoms with Gasteiger partial charge in [0.05, 0.1) is 24.7 Å². The number of carbonyl (C=O) groups excluding carboxylic acids is 1. The van der Waals surface area contributed by atoms with E-state index >= 15 is 0 Å². The lowest BCUT2D eigenvalue weighted by Crippen LogP contribution is -2.31. The molecule has 1 aromatic rings. The van der Waals surface area contributed by atoms with Crippen LogP contribution < -0.4 is 10.6 Å². The zero-order valence-corrected chi connectivity index (χ0v) is 13.2. The largest absolute Gasteiger partial charge is 0.376 e. The molecular formula is C15H20N4O2S. The van der Waals surface area contributed by atoms with E-state index < -0.39 is 9.73 Å². The van der Waals surface area contributed by atoms with Gasteiger partial charge in [-0.25, -0.2) is 8.57 Å². The number of nitriles is 1. The molecule has 2 N–H and O–H groups in total. The Labute approximate surface area is 131 Å². The van der Waals surface area contributed by atoms with Crippen LogP contribution in [0.15, 0.2) is 28.6 Å². The van der Waals surface area contributed by atoms with Crippen molar-refractivity contribution in [1.82, 2.24) is 5.32 Å². The second-order valence-corrected chi connectivity index (χ2v) is 7.75. The van der Waals surface area contributed by atoms with Crippen molar-refractivity contribution in [2.45, 2.75) is 12.8 Å². The molecule has 0 aliphatic carbocycles. The first-order valence-corrected chi connectivity index (χ1v) is 9.16. The average Bonchev–Trinajstić information content (AvgIpc) is 2.97. The zero-order valence-electron chi connectivity index (χ0n) is 12.4. The maximum Gasteiger partial charge on any atom is 0.239 e. The van der Waals surface area contributed by atoms with Gasteiger partial charge in [0.1, 0.15) is 0 Å². The maximum atomic E-state index is 12.1. The first-order valence-electron chi connectivity index (χ1n) is 7.30. The predicted molar refractivity (Wildman–Crippen MR) is 87.1 cm³/mol. The van der Waals surface area contributed by atoms with Gasteiger partial charge in [0.2, 0.25) is 5.91 Å². The quantitative estimate of drug-likeness (QED) is 0.774. The topological polar surface area (TPSA) is 94.3 Å². The lowest BCUT2D eigenvalue weighted by atomic mass is 10.2. The van der Waals surface area contributed by atoms with Gasteiger partial charge in [0, 0.05) is 33.5 Å². The van der Waals surface area contributed by atoms with E-state index in [-0.39, 0.29) is 12.5 Å². The van der Waals surface area contributed by atoms with Crippen LogP contribution in [0.3, 0.4) is 0 Å². The molecule has 1 saturated heterocycles. The molecule has 1 amide bonds. The highest BCUT2D eigenvalue weighted by molar-refractivity contribution is 7.93. The molecule has 0 saturated carbocycles. The molecule has 118 valence electrons. The molecule has 1 aliphatic heterocycles. The molecule has 1 aliphatic rings. The summed E-state index contributed by atoms with van der Waals surface area (Å²) >= 11 is 0. The van der Waals surface area contributed by atoms with Crippen LogP contribution >= 0.6 is 0 Å². The molecule has 1 fully saturated rings. The highest BCUT2D eigenvalue weighted by Crippen LogP contribution is 2.12. The molecular weight excluding hydrogens is 300 g/mol. The van der Waals surface area contributed by atoms with Gasteiger partial charge in [-0.2, -0.15) is 5.26 Å². The first kappa shape index (κ1) is 16.3. The summed E-state index contributed by atoms with van der Waals surface area (Å²) in [6.45, 7) is 0.966.